The molecule has 0 saturated heterocycles. The van der Waals surface area contributed by atoms with Crippen molar-refractivity contribution >= 4 is 41.4 Å². The topological polar surface area (TPSA) is 228 Å². The molecule has 0 bridgehead atoms. The molecule has 0 aliphatic rings. The first-order chi connectivity index (χ1) is 17.0. The highest BCUT2D eigenvalue weighted by atomic mass is 32.2. The van der Waals surface area contributed by atoms with Crippen LogP contribution in [0.4, 0.5) is 0 Å². The van der Waals surface area contributed by atoms with Crippen LogP contribution in [-0.2, 0) is 30.4 Å². The minimum absolute atomic E-state index is 0.0223. The van der Waals surface area contributed by atoms with Crippen molar-refractivity contribution in [2.75, 3.05) is 18.6 Å². The molecule has 4 unspecified atom stereocenters. The lowest BCUT2D eigenvalue weighted by molar-refractivity contribution is -0.143. The maximum absolute atomic E-state index is 13.1. The molecular formula is C22H32N4O9S. The smallest absolute Gasteiger partial charge is 0.326 e. The number of phenolic OH excluding ortho intramolecular Hbond substituents is 1. The number of thioether (sulfide) groups is 1. The summed E-state index contributed by atoms with van der Waals surface area (Å²) in [5, 5.41) is 44.1. The molecule has 1 rings (SSSR count). The number of aliphatic hydroxyl groups is 1. The molecule has 1 aromatic carbocycles. The van der Waals surface area contributed by atoms with E-state index in [2.05, 4.69) is 16.0 Å². The Morgan fingerprint density at radius 2 is 1.44 bits per heavy atom. The van der Waals surface area contributed by atoms with E-state index in [1.807, 2.05) is 0 Å². The van der Waals surface area contributed by atoms with Gasteiger partial charge in [0.25, 0.3) is 0 Å². The first-order valence-corrected chi connectivity index (χ1v) is 12.4. The van der Waals surface area contributed by atoms with E-state index in [1.165, 1.54) is 36.0 Å². The third-order valence-electron chi connectivity index (χ3n) is 5.05. The summed E-state index contributed by atoms with van der Waals surface area (Å²) in [7, 11) is 0. The fraction of sp³-hybridized carbons (Fsp3) is 0.500. The van der Waals surface area contributed by atoms with Crippen LogP contribution < -0.4 is 21.7 Å². The molecular weight excluding hydrogens is 496 g/mol. The highest BCUT2D eigenvalue weighted by molar-refractivity contribution is 7.98. The van der Waals surface area contributed by atoms with Gasteiger partial charge in [-0.25, -0.2) is 4.79 Å². The molecule has 0 heterocycles. The van der Waals surface area contributed by atoms with Crippen molar-refractivity contribution in [3.8, 4) is 5.75 Å². The van der Waals surface area contributed by atoms with Gasteiger partial charge in [-0.2, -0.15) is 11.8 Å². The molecule has 0 spiro atoms. The summed E-state index contributed by atoms with van der Waals surface area (Å²) in [5.41, 5.74) is 6.05. The van der Waals surface area contributed by atoms with Crippen molar-refractivity contribution < 1.29 is 44.4 Å². The number of benzene rings is 1. The second-order valence-electron chi connectivity index (χ2n) is 7.90. The molecule has 1 aromatic rings. The number of rotatable bonds is 16. The van der Waals surface area contributed by atoms with Gasteiger partial charge in [-0.15, -0.1) is 0 Å². The van der Waals surface area contributed by atoms with Crippen LogP contribution >= 0.6 is 11.8 Å². The fourth-order valence-corrected chi connectivity index (χ4v) is 3.48. The lowest BCUT2D eigenvalue weighted by Crippen LogP contribution is -2.58. The normalized spacial score (nSPS) is 14.1. The van der Waals surface area contributed by atoms with E-state index < -0.39 is 66.9 Å². The molecule has 0 aromatic heterocycles. The van der Waals surface area contributed by atoms with Crippen molar-refractivity contribution in [2.24, 2.45) is 5.73 Å². The minimum Gasteiger partial charge on any atom is -0.508 e. The summed E-state index contributed by atoms with van der Waals surface area (Å²) < 4.78 is 0. The predicted molar refractivity (Wildman–Crippen MR) is 130 cm³/mol. The Balaban J connectivity index is 3.11. The number of phenols is 1. The predicted octanol–water partition coefficient (Wildman–Crippen LogP) is -1.59. The number of carboxylic acid groups (broad SMARTS) is 2. The molecule has 0 saturated carbocycles. The molecule has 3 amide bonds. The molecule has 0 aliphatic heterocycles. The third-order valence-corrected chi connectivity index (χ3v) is 5.69. The van der Waals surface area contributed by atoms with E-state index in [-0.39, 0.29) is 25.0 Å². The average Bonchev–Trinajstić information content (AvgIpc) is 2.83. The van der Waals surface area contributed by atoms with Crippen LogP contribution in [0.15, 0.2) is 24.3 Å². The van der Waals surface area contributed by atoms with Crippen molar-refractivity contribution in [3.05, 3.63) is 29.8 Å². The summed E-state index contributed by atoms with van der Waals surface area (Å²) >= 11 is 1.38. The highest BCUT2D eigenvalue weighted by Gasteiger charge is 2.30. The van der Waals surface area contributed by atoms with Crippen LogP contribution in [0.5, 0.6) is 5.75 Å². The number of nitrogens with one attached hydrogen (secondary N) is 3. The van der Waals surface area contributed by atoms with E-state index in [0.717, 1.165) is 0 Å². The molecule has 14 heteroatoms. The fourth-order valence-electron chi connectivity index (χ4n) is 3.01. The average molecular weight is 529 g/mol. The third kappa shape index (κ3) is 10.9. The van der Waals surface area contributed by atoms with Gasteiger partial charge in [0.1, 0.15) is 29.9 Å². The Morgan fingerprint density at radius 1 is 0.889 bits per heavy atom. The van der Waals surface area contributed by atoms with Gasteiger partial charge in [0.2, 0.25) is 17.7 Å². The maximum atomic E-state index is 13.1. The Hall–Kier alpha value is -3.36. The number of carbonyl (C=O) groups is 5. The summed E-state index contributed by atoms with van der Waals surface area (Å²) in [6.45, 7) is -0.685. The van der Waals surface area contributed by atoms with Crippen LogP contribution in [-0.4, -0.2) is 92.9 Å². The minimum atomic E-state index is -1.41. The van der Waals surface area contributed by atoms with Crippen LogP contribution in [0.3, 0.4) is 0 Å². The van der Waals surface area contributed by atoms with Gasteiger partial charge in [0.15, 0.2) is 0 Å². The van der Waals surface area contributed by atoms with Crippen LogP contribution in [0.1, 0.15) is 24.8 Å². The summed E-state index contributed by atoms with van der Waals surface area (Å²) in [4.78, 5) is 60.7. The van der Waals surface area contributed by atoms with Gasteiger partial charge in [-0.05, 0) is 42.5 Å². The molecule has 0 aliphatic carbocycles. The number of amides is 3. The molecule has 200 valence electrons. The zero-order valence-electron chi connectivity index (χ0n) is 19.7. The van der Waals surface area contributed by atoms with Gasteiger partial charge in [-0.1, -0.05) is 12.1 Å². The summed E-state index contributed by atoms with van der Waals surface area (Å²) in [6, 6.07) is 0.493. The van der Waals surface area contributed by atoms with Gasteiger partial charge >= 0.3 is 11.9 Å². The number of nitrogens with two attached hydrogens (primary N) is 1. The van der Waals surface area contributed by atoms with E-state index in [4.69, 9.17) is 15.9 Å². The van der Waals surface area contributed by atoms with E-state index >= 15 is 0 Å². The van der Waals surface area contributed by atoms with Crippen LogP contribution in [0, 0.1) is 0 Å². The number of hydrogen-bond donors (Lipinski definition) is 8. The molecule has 0 radical (unpaired) electrons. The number of aliphatic carboxylic acids is 2. The van der Waals surface area contributed by atoms with Gasteiger partial charge in [-0.3, -0.25) is 19.2 Å². The van der Waals surface area contributed by atoms with Crippen LogP contribution in [0.2, 0.25) is 0 Å². The van der Waals surface area contributed by atoms with E-state index in [0.29, 0.717) is 11.3 Å². The quantitative estimate of drug-likeness (QED) is 0.122. The van der Waals surface area contributed by atoms with Gasteiger partial charge in [0, 0.05) is 12.8 Å². The van der Waals surface area contributed by atoms with Crippen molar-refractivity contribution in [2.45, 2.75) is 49.9 Å². The number of hydrogen-bond acceptors (Lipinski definition) is 9. The monoisotopic (exact) mass is 528 g/mol. The number of aliphatic hydroxyl groups excluding tert-OH is 1. The zero-order chi connectivity index (χ0) is 27.3. The molecule has 4 atom stereocenters. The number of carbonyl (C=O) groups excluding carboxylic acids is 3. The lowest BCUT2D eigenvalue weighted by atomic mass is 10.0. The summed E-state index contributed by atoms with van der Waals surface area (Å²) in [6.07, 6.45) is 0.958. The molecule has 13 nitrogen and oxygen atoms in total. The lowest BCUT2D eigenvalue weighted by Gasteiger charge is -2.25. The molecule has 0 fully saturated rings. The van der Waals surface area contributed by atoms with Crippen LogP contribution in [0.25, 0.3) is 0 Å². The number of carboxylic acids is 2. The standard InChI is InChI=1S/C22H32N4O9S/c1-36-9-8-16(22(34)35)25-20(32)15(6-7-18(29)30)24-21(33)17(26-19(31)14(23)11-27)10-12-2-4-13(28)5-3-12/h2-5,14-17,27-28H,6-11,23H2,1H3,(H,24,33)(H,25,32)(H,26,31)(H,29,30)(H,34,35). The Kier molecular flexibility index (Phi) is 13.3. The first-order valence-electron chi connectivity index (χ1n) is 11.0. The van der Waals surface area contributed by atoms with Crippen molar-refractivity contribution in [1.82, 2.24) is 16.0 Å². The van der Waals surface area contributed by atoms with E-state index in [1.54, 1.807) is 6.26 Å². The first kappa shape index (κ1) is 30.7. The Bertz CT molecular complexity index is 913. The van der Waals surface area contributed by atoms with E-state index in [9.17, 15) is 34.2 Å². The Labute approximate surface area is 211 Å². The highest BCUT2D eigenvalue weighted by Crippen LogP contribution is 2.12. The largest absolute Gasteiger partial charge is 0.508 e. The summed E-state index contributed by atoms with van der Waals surface area (Å²) in [5.74, 6) is -4.69. The van der Waals surface area contributed by atoms with Crippen molar-refractivity contribution in [1.29, 1.82) is 0 Å². The number of aromatic hydroxyl groups is 1. The molecule has 9 N–H and O–H groups in total. The van der Waals surface area contributed by atoms with Gasteiger partial charge in [0.05, 0.1) is 6.61 Å². The second kappa shape index (κ2) is 15.6. The molecule has 36 heavy (non-hydrogen) atoms. The van der Waals surface area contributed by atoms with Gasteiger partial charge < -0.3 is 42.1 Å². The SMILES string of the molecule is CSCCC(NC(=O)C(CCC(=O)O)NC(=O)C(Cc1ccc(O)cc1)NC(=O)C(N)CO)C(=O)O. The zero-order valence-corrected chi connectivity index (χ0v) is 20.5. The van der Waals surface area contributed by atoms with Crippen molar-refractivity contribution in [3.63, 3.8) is 0 Å². The Morgan fingerprint density at radius 3 is 1.97 bits per heavy atom. The second-order valence-corrected chi connectivity index (χ2v) is 8.88. The maximum Gasteiger partial charge on any atom is 0.326 e.